The van der Waals surface area contributed by atoms with Crippen LogP contribution in [0.3, 0.4) is 0 Å². The van der Waals surface area contributed by atoms with Crippen LogP contribution in [0.4, 0.5) is 0 Å². The van der Waals surface area contributed by atoms with Gasteiger partial charge in [0.25, 0.3) is 5.56 Å². The Labute approximate surface area is 117 Å². The molecule has 1 fully saturated rings. The van der Waals surface area contributed by atoms with Crippen molar-refractivity contribution >= 4 is 11.0 Å². The quantitative estimate of drug-likeness (QED) is 0.783. The van der Waals surface area contributed by atoms with Crippen LogP contribution in [0, 0.1) is 0 Å². The van der Waals surface area contributed by atoms with Gasteiger partial charge < -0.3 is 4.74 Å². The molecule has 1 atom stereocenters. The van der Waals surface area contributed by atoms with E-state index in [0.717, 1.165) is 25.9 Å². The van der Waals surface area contributed by atoms with E-state index in [1.807, 2.05) is 6.07 Å². The molecule has 2 aromatic rings. The third kappa shape index (κ3) is 2.88. The molecule has 0 amide bonds. The summed E-state index contributed by atoms with van der Waals surface area (Å²) in [5.74, 6) is 0. The van der Waals surface area contributed by atoms with Crippen molar-refractivity contribution in [2.75, 3.05) is 6.61 Å². The van der Waals surface area contributed by atoms with E-state index >= 15 is 0 Å². The Morgan fingerprint density at radius 2 is 2.30 bits per heavy atom. The van der Waals surface area contributed by atoms with E-state index in [4.69, 9.17) is 4.74 Å². The molecule has 0 aliphatic carbocycles. The Morgan fingerprint density at radius 3 is 3.15 bits per heavy atom. The SMILES string of the molecule is O=c1c2ncccc2ncn1CCCC[C@H]1CCCO1. The Kier molecular flexibility index (Phi) is 4.06. The fraction of sp³-hybridized carbons (Fsp3) is 0.533. The lowest BCUT2D eigenvalue weighted by Crippen LogP contribution is -2.21. The molecule has 1 saturated heterocycles. The number of unbranched alkanes of at least 4 members (excludes halogenated alkanes) is 1. The van der Waals surface area contributed by atoms with Gasteiger partial charge in [-0.1, -0.05) is 0 Å². The largest absolute Gasteiger partial charge is 0.378 e. The summed E-state index contributed by atoms with van der Waals surface area (Å²) in [5, 5.41) is 0. The van der Waals surface area contributed by atoms with E-state index in [9.17, 15) is 4.79 Å². The van der Waals surface area contributed by atoms with Gasteiger partial charge in [-0.3, -0.25) is 9.36 Å². The predicted molar refractivity (Wildman–Crippen MR) is 76.6 cm³/mol. The Bertz CT molecular complexity index is 632. The molecule has 0 spiro atoms. The van der Waals surface area contributed by atoms with E-state index in [0.29, 0.717) is 23.7 Å². The van der Waals surface area contributed by atoms with Gasteiger partial charge in [-0.15, -0.1) is 0 Å². The molecule has 1 aliphatic heterocycles. The summed E-state index contributed by atoms with van der Waals surface area (Å²) >= 11 is 0. The zero-order valence-corrected chi connectivity index (χ0v) is 11.5. The molecule has 5 heteroatoms. The minimum absolute atomic E-state index is 0.0484. The molecule has 3 heterocycles. The maximum absolute atomic E-state index is 12.2. The van der Waals surface area contributed by atoms with Crippen LogP contribution < -0.4 is 5.56 Å². The van der Waals surface area contributed by atoms with E-state index in [1.165, 1.54) is 12.8 Å². The van der Waals surface area contributed by atoms with E-state index in [1.54, 1.807) is 23.2 Å². The average molecular weight is 273 g/mol. The number of rotatable bonds is 5. The molecule has 0 N–H and O–H groups in total. The lowest BCUT2D eigenvalue weighted by Gasteiger charge is -2.09. The van der Waals surface area contributed by atoms with Gasteiger partial charge in [0.05, 0.1) is 17.9 Å². The van der Waals surface area contributed by atoms with Gasteiger partial charge in [0.2, 0.25) is 0 Å². The smallest absolute Gasteiger partial charge is 0.279 e. The highest BCUT2D eigenvalue weighted by atomic mass is 16.5. The summed E-state index contributed by atoms with van der Waals surface area (Å²) in [6, 6.07) is 3.60. The van der Waals surface area contributed by atoms with Crippen LogP contribution in [-0.4, -0.2) is 27.2 Å². The molecule has 0 unspecified atom stereocenters. The number of fused-ring (bicyclic) bond motifs is 1. The van der Waals surface area contributed by atoms with Crippen LogP contribution in [0.15, 0.2) is 29.5 Å². The number of ether oxygens (including phenoxy) is 1. The molecule has 5 nitrogen and oxygen atoms in total. The number of hydrogen-bond donors (Lipinski definition) is 0. The van der Waals surface area contributed by atoms with Gasteiger partial charge in [-0.25, -0.2) is 9.97 Å². The molecule has 1 aliphatic rings. The van der Waals surface area contributed by atoms with Gasteiger partial charge >= 0.3 is 0 Å². The third-order valence-electron chi connectivity index (χ3n) is 3.79. The van der Waals surface area contributed by atoms with E-state index < -0.39 is 0 Å². The first-order valence-electron chi connectivity index (χ1n) is 7.26. The van der Waals surface area contributed by atoms with Crippen LogP contribution in [0.25, 0.3) is 11.0 Å². The van der Waals surface area contributed by atoms with Gasteiger partial charge in [-0.05, 0) is 44.2 Å². The van der Waals surface area contributed by atoms with Crippen LogP contribution >= 0.6 is 0 Å². The average Bonchev–Trinajstić information content (AvgIpc) is 2.99. The normalized spacial score (nSPS) is 18.7. The third-order valence-corrected chi connectivity index (χ3v) is 3.79. The topological polar surface area (TPSA) is 57.0 Å². The summed E-state index contributed by atoms with van der Waals surface area (Å²) < 4.78 is 7.25. The van der Waals surface area contributed by atoms with Crippen LogP contribution in [0.2, 0.25) is 0 Å². The van der Waals surface area contributed by atoms with Gasteiger partial charge in [0, 0.05) is 19.3 Å². The molecule has 0 bridgehead atoms. The molecule has 2 aromatic heterocycles. The molecular weight excluding hydrogens is 254 g/mol. The zero-order chi connectivity index (χ0) is 13.8. The molecule has 0 radical (unpaired) electrons. The predicted octanol–water partition coefficient (Wildman–Crippen LogP) is 2.14. The molecule has 20 heavy (non-hydrogen) atoms. The minimum atomic E-state index is -0.0484. The first kappa shape index (κ1) is 13.2. The number of aryl methyl sites for hydroxylation is 1. The standard InChI is InChI=1S/C15H19N3O2/c19-15-14-13(7-3-8-16-14)17-11-18(15)9-2-1-5-12-6-4-10-20-12/h3,7-8,11-12H,1-2,4-6,9-10H2/t12-/m0/s1. The fourth-order valence-corrected chi connectivity index (χ4v) is 2.67. The van der Waals surface area contributed by atoms with Crippen molar-refractivity contribution in [2.45, 2.75) is 44.8 Å². The highest BCUT2D eigenvalue weighted by molar-refractivity contribution is 5.71. The van der Waals surface area contributed by atoms with Crippen molar-refractivity contribution in [3.05, 3.63) is 35.0 Å². The second-order valence-electron chi connectivity index (χ2n) is 5.25. The van der Waals surface area contributed by atoms with Crippen LogP contribution in [-0.2, 0) is 11.3 Å². The second-order valence-corrected chi connectivity index (χ2v) is 5.25. The summed E-state index contributed by atoms with van der Waals surface area (Å²) in [4.78, 5) is 20.6. The molecule has 106 valence electrons. The summed E-state index contributed by atoms with van der Waals surface area (Å²) in [6.07, 6.45) is 9.20. The minimum Gasteiger partial charge on any atom is -0.378 e. The van der Waals surface area contributed by atoms with E-state index in [2.05, 4.69) is 9.97 Å². The lowest BCUT2D eigenvalue weighted by atomic mass is 10.1. The Balaban J connectivity index is 1.60. The van der Waals surface area contributed by atoms with Gasteiger partial charge in [0.1, 0.15) is 0 Å². The summed E-state index contributed by atoms with van der Waals surface area (Å²) in [6.45, 7) is 1.61. The van der Waals surface area contributed by atoms with Crippen molar-refractivity contribution in [1.29, 1.82) is 0 Å². The summed E-state index contributed by atoms with van der Waals surface area (Å²) in [5.41, 5.74) is 1.06. The highest BCUT2D eigenvalue weighted by Gasteiger charge is 2.14. The van der Waals surface area contributed by atoms with Gasteiger partial charge in [0.15, 0.2) is 5.52 Å². The van der Waals surface area contributed by atoms with Crippen LogP contribution in [0.1, 0.15) is 32.1 Å². The maximum Gasteiger partial charge on any atom is 0.279 e. The van der Waals surface area contributed by atoms with Crippen molar-refractivity contribution in [3.8, 4) is 0 Å². The van der Waals surface area contributed by atoms with Crippen molar-refractivity contribution in [3.63, 3.8) is 0 Å². The zero-order valence-electron chi connectivity index (χ0n) is 11.5. The van der Waals surface area contributed by atoms with Crippen molar-refractivity contribution in [2.24, 2.45) is 0 Å². The molecule has 3 rings (SSSR count). The van der Waals surface area contributed by atoms with Crippen molar-refractivity contribution < 1.29 is 4.74 Å². The van der Waals surface area contributed by atoms with E-state index in [-0.39, 0.29) is 5.56 Å². The number of nitrogens with zero attached hydrogens (tertiary/aromatic N) is 3. The van der Waals surface area contributed by atoms with Gasteiger partial charge in [-0.2, -0.15) is 0 Å². The number of pyridine rings is 1. The fourth-order valence-electron chi connectivity index (χ4n) is 2.67. The molecule has 0 saturated carbocycles. The Hall–Kier alpha value is -1.75. The maximum atomic E-state index is 12.2. The lowest BCUT2D eigenvalue weighted by molar-refractivity contribution is 0.102. The summed E-state index contributed by atoms with van der Waals surface area (Å²) in [7, 11) is 0. The second kappa shape index (κ2) is 6.13. The number of hydrogen-bond acceptors (Lipinski definition) is 4. The highest BCUT2D eigenvalue weighted by Crippen LogP contribution is 2.17. The first-order valence-corrected chi connectivity index (χ1v) is 7.26. The number of aromatic nitrogens is 3. The Morgan fingerprint density at radius 1 is 1.35 bits per heavy atom. The first-order chi connectivity index (χ1) is 9.84. The molecular formula is C15H19N3O2. The van der Waals surface area contributed by atoms with Crippen LogP contribution in [0.5, 0.6) is 0 Å². The van der Waals surface area contributed by atoms with Crippen molar-refractivity contribution in [1.82, 2.24) is 14.5 Å². The monoisotopic (exact) mass is 273 g/mol. The molecule has 0 aromatic carbocycles.